The second-order valence-electron chi connectivity index (χ2n) is 4.58. The number of fused-ring (bicyclic) bond motifs is 1. The fourth-order valence-corrected chi connectivity index (χ4v) is 4.03. The van der Waals surface area contributed by atoms with Crippen LogP contribution in [0.1, 0.15) is 15.2 Å². The van der Waals surface area contributed by atoms with Crippen molar-refractivity contribution in [2.24, 2.45) is 0 Å². The zero-order valence-corrected chi connectivity index (χ0v) is 13.2. The molecule has 3 rings (SSSR count). The van der Waals surface area contributed by atoms with Gasteiger partial charge in [0.05, 0.1) is 7.11 Å². The number of methoxy groups -OCH3 is 1. The summed E-state index contributed by atoms with van der Waals surface area (Å²) >= 11 is 3.28. The molecule has 0 aliphatic rings. The molecule has 0 spiro atoms. The monoisotopic (exact) mass is 314 g/mol. The topological polar surface area (TPSA) is 26.3 Å². The summed E-state index contributed by atoms with van der Waals surface area (Å²) < 4.78 is 5.89. The Morgan fingerprint density at radius 2 is 1.95 bits per heavy atom. The Morgan fingerprint density at radius 3 is 2.71 bits per heavy atom. The Bertz CT molecular complexity index is 763. The molecule has 0 fully saturated rings. The molecule has 0 N–H and O–H groups in total. The number of hydrogen-bond acceptors (Lipinski definition) is 4. The molecule has 0 saturated carbocycles. The van der Waals surface area contributed by atoms with Crippen LogP contribution in [0.3, 0.4) is 0 Å². The number of carbonyl (C=O) groups excluding carboxylic acids is 1. The molecule has 0 aliphatic carbocycles. The smallest absolute Gasteiger partial charge is 0.348 e. The van der Waals surface area contributed by atoms with Crippen molar-refractivity contribution in [3.63, 3.8) is 0 Å². The normalized spacial score (nSPS) is 10.7. The van der Waals surface area contributed by atoms with Crippen molar-refractivity contribution in [2.45, 2.75) is 10.6 Å². The van der Waals surface area contributed by atoms with Gasteiger partial charge >= 0.3 is 5.97 Å². The Morgan fingerprint density at radius 1 is 1.14 bits per heavy atom. The van der Waals surface area contributed by atoms with Gasteiger partial charge in [0.2, 0.25) is 0 Å². The van der Waals surface area contributed by atoms with Crippen LogP contribution < -0.4 is 0 Å². The highest BCUT2D eigenvalue weighted by molar-refractivity contribution is 7.98. The summed E-state index contributed by atoms with van der Waals surface area (Å²) in [5.41, 5.74) is 1.31. The van der Waals surface area contributed by atoms with E-state index in [1.54, 1.807) is 11.8 Å². The van der Waals surface area contributed by atoms with E-state index in [1.165, 1.54) is 28.9 Å². The Labute approximate surface area is 131 Å². The summed E-state index contributed by atoms with van der Waals surface area (Å²) in [6, 6.07) is 18.6. The average Bonchev–Trinajstić information content (AvgIpc) is 2.96. The van der Waals surface area contributed by atoms with E-state index < -0.39 is 0 Å². The molecular weight excluding hydrogens is 300 g/mol. The zero-order valence-electron chi connectivity index (χ0n) is 11.5. The van der Waals surface area contributed by atoms with Gasteiger partial charge in [0.15, 0.2) is 0 Å². The van der Waals surface area contributed by atoms with Crippen LogP contribution >= 0.6 is 23.1 Å². The first-order chi connectivity index (χ1) is 10.3. The van der Waals surface area contributed by atoms with E-state index in [2.05, 4.69) is 42.5 Å². The van der Waals surface area contributed by atoms with Crippen LogP contribution in [0, 0.1) is 0 Å². The van der Waals surface area contributed by atoms with Gasteiger partial charge in [-0.1, -0.05) is 36.4 Å². The van der Waals surface area contributed by atoms with E-state index in [-0.39, 0.29) is 5.97 Å². The zero-order chi connectivity index (χ0) is 14.7. The first kappa shape index (κ1) is 14.2. The van der Waals surface area contributed by atoms with Crippen LogP contribution in [0.15, 0.2) is 59.5 Å². The van der Waals surface area contributed by atoms with Crippen LogP contribution in [-0.4, -0.2) is 13.1 Å². The summed E-state index contributed by atoms with van der Waals surface area (Å²) in [5.74, 6) is 0.677. The summed E-state index contributed by atoms with van der Waals surface area (Å²) in [7, 11) is 1.41. The molecule has 0 unspecified atom stereocenters. The minimum Gasteiger partial charge on any atom is -0.465 e. The molecule has 21 heavy (non-hydrogen) atoms. The van der Waals surface area contributed by atoms with E-state index in [9.17, 15) is 4.79 Å². The third-order valence-corrected chi connectivity index (χ3v) is 5.27. The largest absolute Gasteiger partial charge is 0.465 e. The van der Waals surface area contributed by atoms with Crippen LogP contribution in [0.4, 0.5) is 0 Å². The van der Waals surface area contributed by atoms with E-state index in [0.29, 0.717) is 4.88 Å². The molecule has 0 radical (unpaired) electrons. The third-order valence-electron chi connectivity index (χ3n) is 3.13. The molecule has 0 aliphatic heterocycles. The number of rotatable bonds is 4. The molecule has 0 saturated heterocycles. The highest BCUT2D eigenvalue weighted by atomic mass is 32.2. The van der Waals surface area contributed by atoms with Gasteiger partial charge in [0.25, 0.3) is 0 Å². The molecule has 106 valence electrons. The van der Waals surface area contributed by atoms with Gasteiger partial charge < -0.3 is 4.74 Å². The Kier molecular flexibility index (Phi) is 4.27. The molecule has 0 amide bonds. The van der Waals surface area contributed by atoms with Gasteiger partial charge in [-0.2, -0.15) is 0 Å². The fourth-order valence-electron chi connectivity index (χ4n) is 2.04. The molecule has 2 aromatic carbocycles. The molecule has 0 bridgehead atoms. The van der Waals surface area contributed by atoms with Gasteiger partial charge in [0, 0.05) is 15.3 Å². The van der Waals surface area contributed by atoms with Gasteiger partial charge in [0.1, 0.15) is 4.88 Å². The van der Waals surface area contributed by atoms with E-state index in [0.717, 1.165) is 15.8 Å². The predicted octanol–water partition coefficient (Wildman–Crippen LogP) is 4.98. The van der Waals surface area contributed by atoms with Crippen molar-refractivity contribution in [3.8, 4) is 0 Å². The average molecular weight is 314 g/mol. The Hall–Kier alpha value is -1.78. The van der Waals surface area contributed by atoms with Crippen molar-refractivity contribution in [1.82, 2.24) is 0 Å². The SMILES string of the molecule is COC(=O)c1cc2ccc(SCc3ccccc3)cc2s1. The number of thiophene rings is 1. The van der Waals surface area contributed by atoms with Crippen LogP contribution in [-0.2, 0) is 10.5 Å². The third kappa shape index (κ3) is 3.28. The van der Waals surface area contributed by atoms with Crippen molar-refractivity contribution < 1.29 is 9.53 Å². The summed E-state index contributed by atoms with van der Waals surface area (Å²) in [4.78, 5) is 13.4. The summed E-state index contributed by atoms with van der Waals surface area (Å²) in [6.45, 7) is 0. The van der Waals surface area contributed by atoms with Gasteiger partial charge in [-0.05, 0) is 29.1 Å². The minimum absolute atomic E-state index is 0.269. The first-order valence-electron chi connectivity index (χ1n) is 6.55. The van der Waals surface area contributed by atoms with Gasteiger partial charge in [-0.15, -0.1) is 23.1 Å². The molecular formula is C17H14O2S2. The lowest BCUT2D eigenvalue weighted by atomic mass is 10.2. The Balaban J connectivity index is 1.79. The lowest BCUT2D eigenvalue weighted by Gasteiger charge is -2.02. The molecule has 3 aromatic rings. The van der Waals surface area contributed by atoms with Crippen molar-refractivity contribution in [1.29, 1.82) is 0 Å². The van der Waals surface area contributed by atoms with E-state index in [4.69, 9.17) is 4.74 Å². The number of carbonyl (C=O) groups is 1. The highest BCUT2D eigenvalue weighted by Crippen LogP contribution is 2.31. The van der Waals surface area contributed by atoms with Gasteiger partial charge in [-0.3, -0.25) is 0 Å². The highest BCUT2D eigenvalue weighted by Gasteiger charge is 2.10. The number of esters is 1. The number of ether oxygens (including phenoxy) is 1. The standard InChI is InChI=1S/C17H14O2S2/c1-19-17(18)16-9-13-7-8-14(10-15(13)21-16)20-11-12-5-3-2-4-6-12/h2-10H,11H2,1H3. The number of hydrogen-bond donors (Lipinski definition) is 0. The number of benzene rings is 2. The molecule has 4 heteroatoms. The maximum atomic E-state index is 11.6. The first-order valence-corrected chi connectivity index (χ1v) is 8.35. The van der Waals surface area contributed by atoms with Crippen LogP contribution in [0.5, 0.6) is 0 Å². The lowest BCUT2D eigenvalue weighted by Crippen LogP contribution is -1.96. The summed E-state index contributed by atoms with van der Waals surface area (Å²) in [5, 5.41) is 1.09. The second-order valence-corrected chi connectivity index (χ2v) is 6.71. The van der Waals surface area contributed by atoms with E-state index >= 15 is 0 Å². The van der Waals surface area contributed by atoms with E-state index in [1.807, 2.05) is 12.1 Å². The second kappa shape index (κ2) is 6.33. The maximum absolute atomic E-state index is 11.6. The number of thioether (sulfide) groups is 1. The van der Waals surface area contributed by atoms with Crippen molar-refractivity contribution in [2.75, 3.05) is 7.11 Å². The van der Waals surface area contributed by atoms with Crippen LogP contribution in [0.25, 0.3) is 10.1 Å². The minimum atomic E-state index is -0.269. The summed E-state index contributed by atoms with van der Waals surface area (Å²) in [6.07, 6.45) is 0. The predicted molar refractivity (Wildman–Crippen MR) is 89.2 cm³/mol. The van der Waals surface area contributed by atoms with Crippen LogP contribution in [0.2, 0.25) is 0 Å². The fraction of sp³-hybridized carbons (Fsp3) is 0.118. The maximum Gasteiger partial charge on any atom is 0.348 e. The molecule has 1 aromatic heterocycles. The molecule has 0 atom stereocenters. The quantitative estimate of drug-likeness (QED) is 0.502. The van der Waals surface area contributed by atoms with Crippen molar-refractivity contribution >= 4 is 39.2 Å². The molecule has 1 heterocycles. The lowest BCUT2D eigenvalue weighted by molar-refractivity contribution is 0.0606. The van der Waals surface area contributed by atoms with Gasteiger partial charge in [-0.25, -0.2) is 4.79 Å². The van der Waals surface area contributed by atoms with Crippen molar-refractivity contribution in [3.05, 3.63) is 65.0 Å². The molecule has 2 nitrogen and oxygen atoms in total.